The van der Waals surface area contributed by atoms with Crippen LogP contribution in [0.2, 0.25) is 5.02 Å². The number of aromatic hydroxyl groups is 1. The van der Waals surface area contributed by atoms with Gasteiger partial charge in [-0.2, -0.15) is 0 Å². The zero-order chi connectivity index (χ0) is 27.4. The van der Waals surface area contributed by atoms with Gasteiger partial charge < -0.3 is 24.6 Å². The third kappa shape index (κ3) is 5.83. The van der Waals surface area contributed by atoms with E-state index in [2.05, 4.69) is 5.32 Å². The van der Waals surface area contributed by atoms with Crippen LogP contribution < -0.4 is 14.8 Å². The number of nitro benzene ring substituents is 1. The first kappa shape index (κ1) is 27.9. The van der Waals surface area contributed by atoms with E-state index in [1.54, 1.807) is 6.92 Å². The Hall–Kier alpha value is -3.70. The van der Waals surface area contributed by atoms with Crippen LogP contribution in [0.1, 0.15) is 58.9 Å². The first-order valence-corrected chi connectivity index (χ1v) is 11.8. The van der Waals surface area contributed by atoms with Crippen molar-refractivity contribution in [3.63, 3.8) is 0 Å². The molecule has 198 valence electrons. The van der Waals surface area contributed by atoms with Crippen LogP contribution in [0, 0.1) is 10.1 Å². The molecule has 1 saturated heterocycles. The van der Waals surface area contributed by atoms with Crippen molar-refractivity contribution in [3.05, 3.63) is 56.1 Å². The zero-order valence-corrected chi connectivity index (χ0v) is 21.5. The molecular weight excluding hydrogens is 508 g/mol. The van der Waals surface area contributed by atoms with Crippen molar-refractivity contribution < 1.29 is 38.6 Å². The van der Waals surface area contributed by atoms with Crippen LogP contribution in [0.15, 0.2) is 24.3 Å². The number of ether oxygens (including phenoxy) is 3. The molecule has 1 heterocycles. The number of nitrogens with one attached hydrogen (secondary N) is 1. The number of hydrogen-bond acceptors (Lipinski definition) is 10. The minimum atomic E-state index is -0.742. The number of Topliss-reactive ketones (excluding diaryl/α,β-unsaturated/α-hetero) is 2. The molecular formula is C25H27ClN2O9. The molecule has 1 fully saturated rings. The van der Waals surface area contributed by atoms with Gasteiger partial charge in [0.2, 0.25) is 0 Å². The molecule has 1 aliphatic heterocycles. The van der Waals surface area contributed by atoms with Gasteiger partial charge in [0.25, 0.3) is 5.69 Å². The van der Waals surface area contributed by atoms with Crippen molar-refractivity contribution in [1.29, 1.82) is 0 Å². The third-order valence-electron chi connectivity index (χ3n) is 6.27. The van der Waals surface area contributed by atoms with Crippen LogP contribution in [-0.2, 0) is 9.53 Å². The maximum Gasteiger partial charge on any atom is 0.302 e. The van der Waals surface area contributed by atoms with E-state index in [1.807, 2.05) is 0 Å². The van der Waals surface area contributed by atoms with E-state index in [9.17, 15) is 29.6 Å². The van der Waals surface area contributed by atoms with Crippen molar-refractivity contribution >= 4 is 34.8 Å². The van der Waals surface area contributed by atoms with Gasteiger partial charge in [0.1, 0.15) is 28.9 Å². The van der Waals surface area contributed by atoms with Crippen molar-refractivity contribution in [2.24, 2.45) is 0 Å². The summed E-state index contributed by atoms with van der Waals surface area (Å²) in [5, 5.41) is 25.4. The molecule has 0 aromatic heterocycles. The number of hydrogen-bond donors (Lipinski definition) is 2. The number of halogens is 1. The van der Waals surface area contributed by atoms with Gasteiger partial charge in [0, 0.05) is 42.2 Å². The summed E-state index contributed by atoms with van der Waals surface area (Å²) in [6.07, 6.45) is -0.665. The fourth-order valence-corrected chi connectivity index (χ4v) is 4.93. The predicted molar refractivity (Wildman–Crippen MR) is 133 cm³/mol. The highest BCUT2D eigenvalue weighted by Crippen LogP contribution is 2.47. The fraction of sp³-hybridized carbons (Fsp3) is 0.400. The second kappa shape index (κ2) is 11.6. The molecule has 0 radical (unpaired) electrons. The lowest BCUT2D eigenvalue weighted by atomic mass is 9.85. The first-order chi connectivity index (χ1) is 17.5. The lowest BCUT2D eigenvalue weighted by Crippen LogP contribution is -2.39. The molecule has 3 rings (SSSR count). The first-order valence-electron chi connectivity index (χ1n) is 11.4. The second-order valence-corrected chi connectivity index (χ2v) is 8.96. The lowest BCUT2D eigenvalue weighted by molar-refractivity contribution is -0.384. The Bertz CT molecular complexity index is 1250. The summed E-state index contributed by atoms with van der Waals surface area (Å²) in [6, 6.07) is 4.40. The van der Waals surface area contributed by atoms with E-state index in [1.165, 1.54) is 33.3 Å². The Morgan fingerprint density at radius 1 is 1.19 bits per heavy atom. The Balaban J connectivity index is 2.00. The minimum Gasteiger partial charge on any atom is -0.507 e. The summed E-state index contributed by atoms with van der Waals surface area (Å²) in [4.78, 5) is 48.0. The number of phenolic OH excluding ortho intramolecular Hbond substituents is 1. The van der Waals surface area contributed by atoms with Crippen molar-refractivity contribution in [2.45, 2.75) is 44.8 Å². The van der Waals surface area contributed by atoms with Gasteiger partial charge in [-0.25, -0.2) is 0 Å². The SMILES string of the molecule is COc1cc(OC)c(C2CCNC2C(C)OC(C)=O)c(O)c1C(=O)CC(=O)c1ccc([N+](=O)[O-])cc1Cl. The molecule has 2 aromatic rings. The Morgan fingerprint density at radius 3 is 2.43 bits per heavy atom. The van der Waals surface area contributed by atoms with Crippen LogP contribution in [0.5, 0.6) is 17.2 Å². The normalized spacial score (nSPS) is 17.6. The van der Waals surface area contributed by atoms with Gasteiger partial charge in [0.15, 0.2) is 11.6 Å². The van der Waals surface area contributed by atoms with E-state index < -0.39 is 40.7 Å². The molecule has 0 bridgehead atoms. The van der Waals surface area contributed by atoms with Gasteiger partial charge in [-0.3, -0.25) is 24.5 Å². The summed E-state index contributed by atoms with van der Waals surface area (Å²) in [5.41, 5.74) is -0.255. The number of phenols is 1. The van der Waals surface area contributed by atoms with Crippen LogP contribution in [0.25, 0.3) is 0 Å². The Labute approximate surface area is 217 Å². The highest BCUT2D eigenvalue weighted by atomic mass is 35.5. The van der Waals surface area contributed by atoms with Crippen molar-refractivity contribution in [2.75, 3.05) is 20.8 Å². The van der Waals surface area contributed by atoms with E-state index in [0.717, 1.165) is 12.1 Å². The summed E-state index contributed by atoms with van der Waals surface area (Å²) < 4.78 is 16.2. The number of nitro groups is 1. The second-order valence-electron chi connectivity index (χ2n) is 8.55. The molecule has 12 heteroatoms. The van der Waals surface area contributed by atoms with Crippen LogP contribution in [0.4, 0.5) is 5.69 Å². The number of rotatable bonds is 10. The standard InChI is InChI=1S/C25H27ClN2O9/c1-12(37-13(2)29)24-16(7-8-27-24)22-20(35-3)11-21(36-4)23(25(22)32)19(31)10-18(30)15-6-5-14(28(33)34)9-17(15)26/h5-6,9,11-12,16,24,27,32H,7-8,10H2,1-4H3. The lowest BCUT2D eigenvalue weighted by Gasteiger charge is -2.28. The predicted octanol–water partition coefficient (Wildman–Crippen LogP) is 3.82. The maximum absolute atomic E-state index is 13.3. The maximum atomic E-state index is 13.3. The molecule has 11 nitrogen and oxygen atoms in total. The molecule has 0 saturated carbocycles. The highest BCUT2D eigenvalue weighted by molar-refractivity contribution is 6.35. The fourth-order valence-electron chi connectivity index (χ4n) is 4.65. The smallest absolute Gasteiger partial charge is 0.302 e. The van der Waals surface area contributed by atoms with Gasteiger partial charge in [-0.1, -0.05) is 11.6 Å². The molecule has 0 aliphatic carbocycles. The van der Waals surface area contributed by atoms with Gasteiger partial charge in [-0.15, -0.1) is 0 Å². The summed E-state index contributed by atoms with van der Waals surface area (Å²) in [6.45, 7) is 3.59. The molecule has 0 amide bonds. The van der Waals surface area contributed by atoms with Crippen LogP contribution in [0.3, 0.4) is 0 Å². The quantitative estimate of drug-likeness (QED) is 0.151. The Morgan fingerprint density at radius 2 is 1.86 bits per heavy atom. The average Bonchev–Trinajstić information content (AvgIpc) is 3.31. The molecule has 3 atom stereocenters. The molecule has 1 aliphatic rings. The van der Waals surface area contributed by atoms with E-state index in [4.69, 9.17) is 25.8 Å². The van der Waals surface area contributed by atoms with E-state index in [0.29, 0.717) is 18.5 Å². The number of benzene rings is 2. The summed E-state index contributed by atoms with van der Waals surface area (Å²) >= 11 is 6.05. The van der Waals surface area contributed by atoms with Crippen molar-refractivity contribution in [3.8, 4) is 17.2 Å². The van der Waals surface area contributed by atoms with E-state index >= 15 is 0 Å². The number of ketones is 2. The molecule has 37 heavy (non-hydrogen) atoms. The number of carbonyl (C=O) groups is 3. The number of nitrogens with zero attached hydrogens (tertiary/aromatic N) is 1. The highest BCUT2D eigenvalue weighted by Gasteiger charge is 2.39. The van der Waals surface area contributed by atoms with Gasteiger partial charge in [0.05, 0.1) is 36.6 Å². The summed E-state index contributed by atoms with van der Waals surface area (Å²) in [7, 11) is 2.72. The molecule has 2 aromatic carbocycles. The number of methoxy groups -OCH3 is 2. The molecule has 0 spiro atoms. The van der Waals surface area contributed by atoms with E-state index in [-0.39, 0.29) is 45.3 Å². The monoisotopic (exact) mass is 534 g/mol. The Kier molecular flexibility index (Phi) is 8.72. The number of carbonyl (C=O) groups excluding carboxylic acids is 3. The third-order valence-corrected chi connectivity index (χ3v) is 6.58. The summed E-state index contributed by atoms with van der Waals surface area (Å²) in [5.74, 6) is -2.41. The van der Waals surface area contributed by atoms with Gasteiger partial charge >= 0.3 is 5.97 Å². The van der Waals surface area contributed by atoms with Gasteiger partial charge in [-0.05, 0) is 26.0 Å². The molecule has 3 unspecified atom stereocenters. The topological polar surface area (TPSA) is 154 Å². The molecule has 2 N–H and O–H groups in total. The largest absolute Gasteiger partial charge is 0.507 e. The minimum absolute atomic E-state index is 0.00115. The van der Waals surface area contributed by atoms with Crippen LogP contribution in [-0.4, -0.2) is 60.5 Å². The number of non-ortho nitro benzene ring substituents is 1. The zero-order valence-electron chi connectivity index (χ0n) is 20.7. The van der Waals surface area contributed by atoms with Crippen LogP contribution >= 0.6 is 11.6 Å². The number of esters is 1. The van der Waals surface area contributed by atoms with Crippen molar-refractivity contribution in [1.82, 2.24) is 5.32 Å². The average molecular weight is 535 g/mol.